The first-order chi connectivity index (χ1) is 8.15. The highest BCUT2D eigenvalue weighted by Crippen LogP contribution is 2.18. The van der Waals surface area contributed by atoms with E-state index >= 15 is 0 Å². The van der Waals surface area contributed by atoms with E-state index in [2.05, 4.69) is 10.3 Å². The predicted octanol–water partition coefficient (Wildman–Crippen LogP) is 0.951. The van der Waals surface area contributed by atoms with E-state index in [4.69, 9.17) is 18.0 Å². The van der Waals surface area contributed by atoms with Gasteiger partial charge in [0.05, 0.1) is 10.3 Å². The number of anilines is 1. The first-order valence-corrected chi connectivity index (χ1v) is 7.63. The Bertz CT molecular complexity index is 553. The maximum atomic E-state index is 11.6. The van der Waals surface area contributed by atoms with Gasteiger partial charge < -0.3 is 11.1 Å². The summed E-state index contributed by atoms with van der Waals surface area (Å²) in [6, 6.07) is 3.46. The first-order valence-electron chi connectivity index (χ1n) is 5.33. The Morgan fingerprint density at radius 1 is 1.56 bits per heavy atom. The Morgan fingerprint density at radius 3 is 2.67 bits per heavy atom. The fourth-order valence-corrected chi connectivity index (χ4v) is 1.67. The molecule has 1 heterocycles. The quantitative estimate of drug-likeness (QED) is 0.784. The Morgan fingerprint density at radius 2 is 2.17 bits per heavy atom. The van der Waals surface area contributed by atoms with Crippen LogP contribution in [0, 0.1) is 0 Å². The molecule has 0 unspecified atom stereocenters. The van der Waals surface area contributed by atoms with Crippen molar-refractivity contribution in [2.75, 3.05) is 18.1 Å². The molecule has 0 aromatic carbocycles. The third-order valence-electron chi connectivity index (χ3n) is 2.76. The van der Waals surface area contributed by atoms with Crippen molar-refractivity contribution in [2.24, 2.45) is 5.73 Å². The number of nitrogens with one attached hydrogen (secondary N) is 1. The zero-order valence-electron chi connectivity index (χ0n) is 10.6. The summed E-state index contributed by atoms with van der Waals surface area (Å²) in [5, 5.41) is 2.98. The molecular weight excluding hydrogens is 270 g/mol. The van der Waals surface area contributed by atoms with Gasteiger partial charge in [-0.1, -0.05) is 12.2 Å². The third kappa shape index (κ3) is 3.39. The van der Waals surface area contributed by atoms with Gasteiger partial charge in [-0.25, -0.2) is 13.4 Å². The van der Waals surface area contributed by atoms with Crippen LogP contribution in [0.25, 0.3) is 0 Å². The van der Waals surface area contributed by atoms with Gasteiger partial charge in [0.25, 0.3) is 0 Å². The average molecular weight is 287 g/mol. The van der Waals surface area contributed by atoms with Gasteiger partial charge in [0.2, 0.25) is 0 Å². The van der Waals surface area contributed by atoms with E-state index in [9.17, 15) is 8.42 Å². The Balaban J connectivity index is 2.91. The van der Waals surface area contributed by atoms with E-state index < -0.39 is 14.6 Å². The van der Waals surface area contributed by atoms with Gasteiger partial charge in [-0.05, 0) is 26.0 Å². The lowest BCUT2D eigenvalue weighted by Crippen LogP contribution is -2.38. The van der Waals surface area contributed by atoms with Crippen LogP contribution in [0.5, 0.6) is 0 Å². The number of hydrogen-bond donors (Lipinski definition) is 2. The van der Waals surface area contributed by atoms with Gasteiger partial charge in [0.1, 0.15) is 10.8 Å². The molecule has 0 amide bonds. The van der Waals surface area contributed by atoms with E-state index in [1.807, 2.05) is 0 Å². The molecule has 0 spiro atoms. The van der Waals surface area contributed by atoms with Crippen molar-refractivity contribution >= 4 is 32.9 Å². The standard InChI is InChI=1S/C11H17N3O2S2/c1-11(2,18(3,15)16)7-14-10-8(9(12)17)5-4-6-13-10/h4-6H,7H2,1-3H3,(H2,12,17)(H,13,14). The number of nitrogens with two attached hydrogens (primary N) is 1. The van der Waals surface area contributed by atoms with Crippen LogP contribution in [-0.4, -0.2) is 35.9 Å². The molecule has 0 aliphatic rings. The van der Waals surface area contributed by atoms with E-state index in [1.165, 1.54) is 6.26 Å². The maximum absolute atomic E-state index is 11.6. The molecule has 100 valence electrons. The molecule has 0 saturated carbocycles. The molecule has 7 heteroatoms. The number of nitrogens with zero attached hydrogens (tertiary/aromatic N) is 1. The minimum atomic E-state index is -3.16. The summed E-state index contributed by atoms with van der Waals surface area (Å²) >= 11 is 4.91. The lowest BCUT2D eigenvalue weighted by atomic mass is 10.2. The second-order valence-electron chi connectivity index (χ2n) is 4.65. The van der Waals surface area contributed by atoms with Crippen LogP contribution in [0.15, 0.2) is 18.3 Å². The Kier molecular flexibility index (Phi) is 4.28. The van der Waals surface area contributed by atoms with Crippen molar-refractivity contribution in [3.8, 4) is 0 Å². The highest BCUT2D eigenvalue weighted by Gasteiger charge is 2.30. The van der Waals surface area contributed by atoms with Crippen molar-refractivity contribution in [3.63, 3.8) is 0 Å². The first kappa shape index (κ1) is 14.8. The zero-order valence-corrected chi connectivity index (χ0v) is 12.2. The van der Waals surface area contributed by atoms with Crippen LogP contribution in [-0.2, 0) is 9.84 Å². The predicted molar refractivity (Wildman–Crippen MR) is 77.5 cm³/mol. The number of sulfone groups is 1. The van der Waals surface area contributed by atoms with Gasteiger partial charge in [-0.2, -0.15) is 0 Å². The lowest BCUT2D eigenvalue weighted by Gasteiger charge is -2.23. The van der Waals surface area contributed by atoms with Crippen LogP contribution in [0.2, 0.25) is 0 Å². The fourth-order valence-electron chi connectivity index (χ4n) is 1.17. The summed E-state index contributed by atoms with van der Waals surface area (Å²) in [4.78, 5) is 4.34. The summed E-state index contributed by atoms with van der Waals surface area (Å²) in [6.07, 6.45) is 2.80. The summed E-state index contributed by atoms with van der Waals surface area (Å²) in [5.41, 5.74) is 6.18. The van der Waals surface area contributed by atoms with Crippen LogP contribution in [0.4, 0.5) is 5.82 Å². The molecule has 0 aliphatic heterocycles. The maximum Gasteiger partial charge on any atom is 0.154 e. The summed E-state index contributed by atoms with van der Waals surface area (Å²) in [5.74, 6) is 0.502. The smallest absolute Gasteiger partial charge is 0.154 e. The second kappa shape index (κ2) is 5.19. The largest absolute Gasteiger partial charge is 0.389 e. The molecule has 0 saturated heterocycles. The van der Waals surface area contributed by atoms with Crippen molar-refractivity contribution in [2.45, 2.75) is 18.6 Å². The number of pyridine rings is 1. The molecule has 0 radical (unpaired) electrons. The SMILES string of the molecule is CC(C)(CNc1ncccc1C(N)=S)S(C)(=O)=O. The van der Waals surface area contributed by atoms with Gasteiger partial charge in [-0.15, -0.1) is 0 Å². The number of hydrogen-bond acceptors (Lipinski definition) is 5. The lowest BCUT2D eigenvalue weighted by molar-refractivity contribution is 0.559. The normalized spacial score (nSPS) is 12.2. The zero-order chi connectivity index (χ0) is 14.0. The molecule has 0 aliphatic carbocycles. The Hall–Kier alpha value is -1.21. The van der Waals surface area contributed by atoms with Crippen LogP contribution in [0.3, 0.4) is 0 Å². The van der Waals surface area contributed by atoms with Crippen LogP contribution < -0.4 is 11.1 Å². The highest BCUT2D eigenvalue weighted by molar-refractivity contribution is 7.92. The van der Waals surface area contributed by atoms with Gasteiger partial charge in [0, 0.05) is 19.0 Å². The molecule has 3 N–H and O–H groups in total. The topological polar surface area (TPSA) is 85.1 Å². The average Bonchev–Trinajstić information content (AvgIpc) is 2.25. The molecular formula is C11H17N3O2S2. The number of aromatic nitrogens is 1. The van der Waals surface area contributed by atoms with Crippen molar-refractivity contribution in [1.29, 1.82) is 0 Å². The van der Waals surface area contributed by atoms with Crippen molar-refractivity contribution in [3.05, 3.63) is 23.9 Å². The molecule has 5 nitrogen and oxygen atoms in total. The highest BCUT2D eigenvalue weighted by atomic mass is 32.2. The monoisotopic (exact) mass is 287 g/mol. The third-order valence-corrected chi connectivity index (χ3v) is 5.13. The summed E-state index contributed by atoms with van der Waals surface area (Å²) < 4.78 is 22.3. The number of rotatable bonds is 5. The summed E-state index contributed by atoms with van der Waals surface area (Å²) in [7, 11) is -3.16. The summed E-state index contributed by atoms with van der Waals surface area (Å²) in [6.45, 7) is 3.54. The molecule has 1 rings (SSSR count). The molecule has 0 bridgehead atoms. The minimum absolute atomic E-state index is 0.225. The molecule has 0 atom stereocenters. The van der Waals surface area contributed by atoms with Crippen LogP contribution >= 0.6 is 12.2 Å². The minimum Gasteiger partial charge on any atom is -0.389 e. The molecule has 1 aromatic rings. The second-order valence-corrected chi connectivity index (χ2v) is 7.74. The van der Waals surface area contributed by atoms with E-state index in [0.29, 0.717) is 11.4 Å². The number of thiocarbonyl (C=S) groups is 1. The van der Waals surface area contributed by atoms with Crippen molar-refractivity contribution in [1.82, 2.24) is 4.98 Å². The Labute approximate surface area is 113 Å². The van der Waals surface area contributed by atoms with E-state index in [-0.39, 0.29) is 11.5 Å². The molecule has 18 heavy (non-hydrogen) atoms. The fraction of sp³-hybridized carbons (Fsp3) is 0.455. The van der Waals surface area contributed by atoms with Gasteiger partial charge >= 0.3 is 0 Å². The molecule has 1 aromatic heterocycles. The van der Waals surface area contributed by atoms with Gasteiger partial charge in [-0.3, -0.25) is 0 Å². The van der Waals surface area contributed by atoms with Crippen molar-refractivity contribution < 1.29 is 8.42 Å². The van der Waals surface area contributed by atoms with E-state index in [0.717, 1.165) is 0 Å². The van der Waals surface area contributed by atoms with Gasteiger partial charge in [0.15, 0.2) is 9.84 Å². The van der Waals surface area contributed by atoms with E-state index in [1.54, 1.807) is 32.2 Å². The van der Waals surface area contributed by atoms with Crippen LogP contribution in [0.1, 0.15) is 19.4 Å². The molecule has 0 fully saturated rings.